The summed E-state index contributed by atoms with van der Waals surface area (Å²) in [5, 5.41) is 14.1. The Morgan fingerprint density at radius 3 is 2.48 bits per heavy atom. The zero-order valence-corrected chi connectivity index (χ0v) is 35.8. The van der Waals surface area contributed by atoms with E-state index in [4.69, 9.17) is 30.2 Å². The van der Waals surface area contributed by atoms with Crippen molar-refractivity contribution in [3.8, 4) is 0 Å². The second-order valence-electron chi connectivity index (χ2n) is 14.3. The number of nitrogens with one attached hydrogen (secondary N) is 1. The van der Waals surface area contributed by atoms with Gasteiger partial charge in [-0.2, -0.15) is 4.98 Å². The number of phosphoric acid groups is 1. The van der Waals surface area contributed by atoms with Crippen LogP contribution in [-0.2, 0) is 52.5 Å². The Bertz CT molecular complexity index is 2440. The number of carbonyl (C=O) groups is 3. The number of amides is 1. The molecule has 2 aliphatic heterocycles. The molecule has 0 aliphatic carbocycles. The van der Waals surface area contributed by atoms with Gasteiger partial charge in [-0.25, -0.2) is 29.1 Å². The van der Waals surface area contributed by atoms with Gasteiger partial charge in [0.1, 0.15) is 42.1 Å². The van der Waals surface area contributed by atoms with Crippen LogP contribution in [0.15, 0.2) is 72.7 Å². The van der Waals surface area contributed by atoms with E-state index in [1.165, 1.54) is 29.2 Å². The molecule has 2 saturated heterocycles. The van der Waals surface area contributed by atoms with Crippen LogP contribution in [0.5, 0.6) is 0 Å². The van der Waals surface area contributed by atoms with Crippen molar-refractivity contribution in [2.24, 2.45) is 0 Å². The lowest BCUT2D eigenvalue weighted by atomic mass is 10.1. The molecule has 3 aromatic heterocycles. The predicted molar refractivity (Wildman–Crippen MR) is 222 cm³/mol. The molecule has 2 unspecified atom stereocenters. The van der Waals surface area contributed by atoms with Crippen molar-refractivity contribution in [3.05, 3.63) is 84.0 Å². The molecular formula is C36H45N9O15P2S. The number of carbonyl (C=O) groups excluding carboxylic acids is 3. The molecule has 2 aliphatic rings. The number of allylic oxidation sites excluding steroid dienone is 1. The van der Waals surface area contributed by atoms with E-state index in [1.807, 2.05) is 30.3 Å². The van der Waals surface area contributed by atoms with Gasteiger partial charge in [-0.05, 0) is 24.5 Å². The Morgan fingerprint density at radius 1 is 1.02 bits per heavy atom. The number of benzene rings is 1. The van der Waals surface area contributed by atoms with Crippen LogP contribution in [0.3, 0.4) is 0 Å². The van der Waals surface area contributed by atoms with Gasteiger partial charge in [0.2, 0.25) is 5.91 Å². The fraction of sp³-hybridized carbons (Fsp3) is 0.444. The first kappa shape index (κ1) is 47.6. The van der Waals surface area contributed by atoms with Gasteiger partial charge in [0.15, 0.2) is 28.9 Å². The highest BCUT2D eigenvalue weighted by Crippen LogP contribution is 2.56. The number of imidazole rings is 1. The van der Waals surface area contributed by atoms with E-state index in [-0.39, 0.29) is 53.6 Å². The fourth-order valence-corrected chi connectivity index (χ4v) is 9.49. The maximum atomic E-state index is 14.1. The first-order chi connectivity index (χ1) is 29.9. The summed E-state index contributed by atoms with van der Waals surface area (Å²) in [6.07, 6.45) is -4.76. The van der Waals surface area contributed by atoms with Crippen LogP contribution in [0.25, 0.3) is 11.2 Å². The number of fused-ring (bicyclic) bond motifs is 1. The number of aliphatic hydroxyl groups is 1. The molecule has 6 rings (SSSR count). The summed E-state index contributed by atoms with van der Waals surface area (Å²) in [7, 11) is -10.1. The zero-order chi connectivity index (χ0) is 45.5. The quantitative estimate of drug-likeness (QED) is 0.0370. The highest BCUT2D eigenvalue weighted by molar-refractivity contribution is 8.12. The smallest absolute Gasteiger partial charge is 0.455 e. The monoisotopic (exact) mass is 937 g/mol. The average molecular weight is 938 g/mol. The second-order valence-corrected chi connectivity index (χ2v) is 18.6. The summed E-state index contributed by atoms with van der Waals surface area (Å²) in [5.41, 5.74) is 10.2. The van der Waals surface area contributed by atoms with E-state index in [2.05, 4.69) is 36.4 Å². The van der Waals surface area contributed by atoms with Crippen molar-refractivity contribution >= 4 is 67.0 Å². The van der Waals surface area contributed by atoms with Crippen LogP contribution in [-0.4, -0.2) is 115 Å². The Morgan fingerprint density at radius 2 is 1.76 bits per heavy atom. The van der Waals surface area contributed by atoms with Crippen molar-refractivity contribution in [3.63, 3.8) is 0 Å². The summed E-state index contributed by atoms with van der Waals surface area (Å²) in [6, 6.07) is 9.06. The van der Waals surface area contributed by atoms with Gasteiger partial charge in [0.05, 0.1) is 31.3 Å². The second kappa shape index (κ2) is 20.7. The molecule has 9 atom stereocenters. The summed E-state index contributed by atoms with van der Waals surface area (Å²) in [4.78, 5) is 98.5. The number of anilines is 2. The van der Waals surface area contributed by atoms with Gasteiger partial charge in [-0.3, -0.25) is 27.8 Å². The molecule has 0 saturated carbocycles. The molecule has 0 bridgehead atoms. The first-order valence-electron chi connectivity index (χ1n) is 19.2. The van der Waals surface area contributed by atoms with Crippen molar-refractivity contribution in [2.75, 3.05) is 24.7 Å². The largest absolute Gasteiger partial charge is 0.469 e. The van der Waals surface area contributed by atoms with Gasteiger partial charge in [-0.15, -0.1) is 6.58 Å². The SMILES string of the molecule is C=CCCC(=O)N[C@@H](CCC(=O)SCc1ccccc1)C(=O)O[C@@H]1C(COP(=O)(O)[C@H]2C[C@H](n3ccc(N)nc3=O)O[C@@H]2COP(=O)(O)O)O[C@@H](n2cnc3c(N)ncnc32)[C@@H]1O. The molecule has 9 N–H and O–H groups in total. The number of nitrogen functional groups attached to an aromatic ring is 2. The minimum atomic E-state index is -5.13. The van der Waals surface area contributed by atoms with E-state index < -0.39 is 101 Å². The van der Waals surface area contributed by atoms with Crippen LogP contribution in [0.4, 0.5) is 11.6 Å². The van der Waals surface area contributed by atoms with Gasteiger partial charge < -0.3 is 55.3 Å². The maximum absolute atomic E-state index is 14.1. The van der Waals surface area contributed by atoms with Crippen molar-refractivity contribution in [1.82, 2.24) is 34.4 Å². The molecule has 27 heteroatoms. The van der Waals surface area contributed by atoms with Crippen LogP contribution in [0.2, 0.25) is 0 Å². The summed E-state index contributed by atoms with van der Waals surface area (Å²) in [5.74, 6) is -1.40. The molecule has 0 radical (unpaired) electrons. The Kier molecular flexibility index (Phi) is 15.6. The number of thioether (sulfide) groups is 1. The lowest BCUT2D eigenvalue weighted by Crippen LogP contribution is -2.46. The number of hydrogen-bond acceptors (Lipinski definition) is 19. The number of aliphatic hydroxyl groups excluding tert-OH is 1. The maximum Gasteiger partial charge on any atom is 0.469 e. The predicted octanol–water partition coefficient (Wildman–Crippen LogP) is 1.08. The number of nitrogens with zero attached hydrogens (tertiary/aromatic N) is 6. The third-order valence-corrected chi connectivity index (χ3v) is 13.3. The molecule has 1 amide bonds. The molecule has 340 valence electrons. The number of esters is 1. The lowest BCUT2D eigenvalue weighted by molar-refractivity contribution is -0.160. The minimum absolute atomic E-state index is 0.00628. The third kappa shape index (κ3) is 12.2. The van der Waals surface area contributed by atoms with Crippen molar-refractivity contribution < 1.29 is 66.6 Å². The van der Waals surface area contributed by atoms with Crippen LogP contribution < -0.4 is 22.5 Å². The summed E-state index contributed by atoms with van der Waals surface area (Å²) >= 11 is 1.02. The average Bonchev–Trinajstić information content (AvgIpc) is 3.96. The van der Waals surface area contributed by atoms with Crippen LogP contribution in [0, 0.1) is 0 Å². The number of phosphoric ester groups is 1. The number of nitrogens with two attached hydrogens (primary N) is 2. The van der Waals surface area contributed by atoms with E-state index in [0.29, 0.717) is 5.75 Å². The highest BCUT2D eigenvalue weighted by atomic mass is 32.2. The van der Waals surface area contributed by atoms with Crippen molar-refractivity contribution in [1.29, 1.82) is 0 Å². The van der Waals surface area contributed by atoms with Gasteiger partial charge in [0, 0.05) is 31.2 Å². The molecule has 4 aromatic rings. The van der Waals surface area contributed by atoms with Gasteiger partial charge in [0.25, 0.3) is 0 Å². The first-order valence-corrected chi connectivity index (χ1v) is 23.3. The van der Waals surface area contributed by atoms with Gasteiger partial charge in [-0.1, -0.05) is 48.2 Å². The Labute approximate surface area is 362 Å². The fourth-order valence-electron chi connectivity index (χ4n) is 6.79. The standard InChI is InChI=1S/C36H45N9O15P2S/c1-2-3-9-26(46)42-21(10-11-28(47)63-17-20-7-5-4-6-8-20)35(49)60-31-23(59-34(30(31)48)45-19-41-29-32(38)39-18-40-33(29)45)16-56-61(51,52)24-14-27(44-13-12-25(37)43-36(44)50)58-22(24)15-57-62(53,54)55/h2,4-8,12-13,18-19,21-24,27,30-31,34,48H,1,3,9-11,14-17H2,(H,42,46)(H,51,52)(H2,37,43,50)(H2,38,39,40)(H2,53,54,55)/t21-,22+,23?,24-,27+,30+,31+,34+/m0/s1. The van der Waals surface area contributed by atoms with Crippen LogP contribution >= 0.6 is 27.2 Å². The topological polar surface area (TPSA) is 355 Å². The molecule has 5 heterocycles. The molecule has 2 fully saturated rings. The number of ether oxygens (including phenoxy) is 3. The Hall–Kier alpha value is -4.91. The molecule has 1 aromatic carbocycles. The number of hydrogen-bond donors (Lipinski definition) is 7. The minimum Gasteiger partial charge on any atom is -0.455 e. The summed E-state index contributed by atoms with van der Waals surface area (Å²) in [6.45, 7) is 1.82. The van der Waals surface area contributed by atoms with E-state index >= 15 is 0 Å². The Balaban J connectivity index is 1.24. The number of aromatic nitrogens is 6. The lowest BCUT2D eigenvalue weighted by Gasteiger charge is -2.26. The van der Waals surface area contributed by atoms with E-state index in [0.717, 1.165) is 28.2 Å². The van der Waals surface area contributed by atoms with E-state index in [1.54, 1.807) is 0 Å². The normalized spacial score (nSPS) is 23.8. The van der Waals surface area contributed by atoms with Gasteiger partial charge >= 0.3 is 27.1 Å². The third-order valence-electron chi connectivity index (χ3n) is 9.91. The molecular weight excluding hydrogens is 892 g/mol. The zero-order valence-electron chi connectivity index (χ0n) is 33.2. The number of rotatable bonds is 20. The van der Waals surface area contributed by atoms with Crippen molar-refractivity contribution in [2.45, 2.75) is 86.4 Å². The van der Waals surface area contributed by atoms with Crippen LogP contribution in [0.1, 0.15) is 50.1 Å². The summed E-state index contributed by atoms with van der Waals surface area (Å²) < 4.78 is 55.8. The molecule has 63 heavy (non-hydrogen) atoms. The molecule has 0 spiro atoms. The molecule has 24 nitrogen and oxygen atoms in total. The van der Waals surface area contributed by atoms with E-state index in [9.17, 15) is 48.1 Å². The highest BCUT2D eigenvalue weighted by Gasteiger charge is 2.52.